The van der Waals surface area contributed by atoms with Crippen LogP contribution in [0.15, 0.2) is 54.7 Å². The highest BCUT2D eigenvalue weighted by Gasteiger charge is 2.14. The number of phenolic OH excluding ortho intramolecular Hbond substituents is 1. The van der Waals surface area contributed by atoms with Crippen molar-refractivity contribution in [3.63, 3.8) is 0 Å². The average molecular weight is 325 g/mol. The highest BCUT2D eigenvalue weighted by Crippen LogP contribution is 2.22. The first-order valence-corrected chi connectivity index (χ1v) is 6.81. The van der Waals surface area contributed by atoms with Crippen LogP contribution in [0.3, 0.4) is 0 Å². The van der Waals surface area contributed by atoms with E-state index in [2.05, 4.69) is 15.6 Å². The summed E-state index contributed by atoms with van der Waals surface area (Å²) in [5.41, 5.74) is 0.554. The summed E-state index contributed by atoms with van der Waals surface area (Å²) in [5, 5.41) is 30.5. The van der Waals surface area contributed by atoms with Crippen molar-refractivity contribution in [2.24, 2.45) is 0 Å². The van der Waals surface area contributed by atoms with E-state index in [1.54, 1.807) is 18.2 Å². The number of carbonyl (C=O) groups excluding carboxylic acids is 1. The van der Waals surface area contributed by atoms with E-state index in [1.807, 2.05) is 0 Å². The van der Waals surface area contributed by atoms with Gasteiger partial charge in [-0.1, -0.05) is 23.4 Å². The second-order valence-electron chi connectivity index (χ2n) is 4.80. The van der Waals surface area contributed by atoms with E-state index in [0.29, 0.717) is 5.69 Å². The van der Waals surface area contributed by atoms with Gasteiger partial charge >= 0.3 is 0 Å². The zero-order valence-corrected chi connectivity index (χ0v) is 12.2. The van der Waals surface area contributed by atoms with Crippen molar-refractivity contribution in [2.75, 3.05) is 5.32 Å². The number of phenols is 1. The van der Waals surface area contributed by atoms with Crippen LogP contribution in [0.2, 0.25) is 0 Å². The maximum absolute atomic E-state index is 12.1. The summed E-state index contributed by atoms with van der Waals surface area (Å²) >= 11 is 0. The number of benzene rings is 2. The molecule has 0 unspecified atom stereocenters. The molecule has 0 aliphatic heterocycles. The number of aromatic nitrogens is 3. The molecule has 0 radical (unpaired) electrons. The van der Waals surface area contributed by atoms with Crippen LogP contribution in [-0.2, 0) is 0 Å². The first-order valence-electron chi connectivity index (χ1n) is 6.81. The monoisotopic (exact) mass is 325 g/mol. The number of anilines is 1. The van der Waals surface area contributed by atoms with Crippen LogP contribution in [0, 0.1) is 10.1 Å². The van der Waals surface area contributed by atoms with Gasteiger partial charge in [-0.15, -0.1) is 5.10 Å². The molecule has 0 spiro atoms. The van der Waals surface area contributed by atoms with Crippen molar-refractivity contribution >= 4 is 17.3 Å². The molecule has 1 aromatic heterocycles. The van der Waals surface area contributed by atoms with Crippen molar-refractivity contribution in [3.8, 4) is 11.4 Å². The van der Waals surface area contributed by atoms with Crippen LogP contribution in [0.25, 0.3) is 5.69 Å². The maximum atomic E-state index is 12.1. The summed E-state index contributed by atoms with van der Waals surface area (Å²) < 4.78 is 1.26. The predicted octanol–water partition coefficient (Wildman–Crippen LogP) is 2.13. The molecule has 3 rings (SSSR count). The van der Waals surface area contributed by atoms with E-state index in [1.165, 1.54) is 41.2 Å². The Hall–Kier alpha value is -3.75. The van der Waals surface area contributed by atoms with Gasteiger partial charge in [-0.05, 0) is 18.2 Å². The van der Waals surface area contributed by atoms with Gasteiger partial charge in [0.2, 0.25) is 0 Å². The zero-order valence-electron chi connectivity index (χ0n) is 12.2. The number of nitro groups is 1. The SMILES string of the molecule is O=C(Nc1ccccc1O)c1cn(-c2cccc([N+](=O)[O-])c2)nn1. The van der Waals surface area contributed by atoms with Gasteiger partial charge in [-0.25, -0.2) is 4.68 Å². The smallest absolute Gasteiger partial charge is 0.277 e. The molecule has 0 fully saturated rings. The summed E-state index contributed by atoms with van der Waals surface area (Å²) in [7, 11) is 0. The van der Waals surface area contributed by atoms with E-state index in [4.69, 9.17) is 0 Å². The lowest BCUT2D eigenvalue weighted by atomic mass is 10.3. The largest absolute Gasteiger partial charge is 0.506 e. The van der Waals surface area contributed by atoms with Gasteiger partial charge in [-0.3, -0.25) is 14.9 Å². The van der Waals surface area contributed by atoms with Crippen LogP contribution in [0.5, 0.6) is 5.75 Å². The summed E-state index contributed by atoms with van der Waals surface area (Å²) in [6, 6.07) is 12.1. The van der Waals surface area contributed by atoms with E-state index in [-0.39, 0.29) is 22.8 Å². The first kappa shape index (κ1) is 15.2. The second kappa shape index (κ2) is 6.16. The predicted molar refractivity (Wildman–Crippen MR) is 84.1 cm³/mol. The Balaban J connectivity index is 1.83. The number of aromatic hydroxyl groups is 1. The molecule has 0 atom stereocenters. The Bertz CT molecular complexity index is 921. The van der Waals surface area contributed by atoms with Crippen LogP contribution >= 0.6 is 0 Å². The molecule has 0 saturated carbocycles. The summed E-state index contributed by atoms with van der Waals surface area (Å²) in [6.45, 7) is 0. The number of hydrogen-bond donors (Lipinski definition) is 2. The highest BCUT2D eigenvalue weighted by atomic mass is 16.6. The van der Waals surface area contributed by atoms with Gasteiger partial charge in [0.1, 0.15) is 5.75 Å². The lowest BCUT2D eigenvalue weighted by molar-refractivity contribution is -0.384. The minimum atomic E-state index is -0.562. The highest BCUT2D eigenvalue weighted by molar-refractivity contribution is 6.03. The molecule has 2 N–H and O–H groups in total. The molecule has 2 aromatic carbocycles. The Morgan fingerprint density at radius 2 is 2.00 bits per heavy atom. The zero-order chi connectivity index (χ0) is 17.1. The number of rotatable bonds is 4. The van der Waals surface area contributed by atoms with E-state index in [9.17, 15) is 20.0 Å². The number of nitrogens with one attached hydrogen (secondary N) is 1. The molecule has 9 heteroatoms. The van der Waals surface area contributed by atoms with E-state index < -0.39 is 10.8 Å². The van der Waals surface area contributed by atoms with Gasteiger partial charge in [0.05, 0.1) is 22.5 Å². The van der Waals surface area contributed by atoms with Gasteiger partial charge < -0.3 is 10.4 Å². The number of para-hydroxylation sites is 2. The van der Waals surface area contributed by atoms with Gasteiger partial charge in [0.25, 0.3) is 11.6 Å². The lowest BCUT2D eigenvalue weighted by Gasteiger charge is -2.04. The summed E-state index contributed by atoms with van der Waals surface area (Å²) in [5.74, 6) is -0.634. The minimum Gasteiger partial charge on any atom is -0.506 e. The molecule has 1 heterocycles. The van der Waals surface area contributed by atoms with Crippen molar-refractivity contribution in [2.45, 2.75) is 0 Å². The van der Waals surface area contributed by atoms with Crippen molar-refractivity contribution < 1.29 is 14.8 Å². The molecular formula is C15H11N5O4. The molecule has 3 aromatic rings. The number of nitro benzene ring substituents is 1. The first-order chi connectivity index (χ1) is 11.5. The molecule has 24 heavy (non-hydrogen) atoms. The molecule has 120 valence electrons. The van der Waals surface area contributed by atoms with Gasteiger partial charge in [0, 0.05) is 12.1 Å². The molecule has 9 nitrogen and oxygen atoms in total. The fourth-order valence-corrected chi connectivity index (χ4v) is 2.01. The van der Waals surface area contributed by atoms with Crippen molar-refractivity contribution in [1.29, 1.82) is 0 Å². The molecule has 0 bridgehead atoms. The van der Waals surface area contributed by atoms with Gasteiger partial charge in [-0.2, -0.15) is 0 Å². The third-order valence-corrected chi connectivity index (χ3v) is 3.18. The molecule has 1 amide bonds. The Kier molecular flexibility index (Phi) is 3.89. The number of nitrogens with zero attached hydrogens (tertiary/aromatic N) is 4. The third kappa shape index (κ3) is 3.04. The standard InChI is InChI=1S/C15H11N5O4/c21-14-7-2-1-6-12(14)16-15(22)13-9-19(18-17-13)10-4-3-5-11(8-10)20(23)24/h1-9,21H,(H,16,22). The average Bonchev–Trinajstić information content (AvgIpc) is 3.07. The van der Waals surface area contributed by atoms with E-state index >= 15 is 0 Å². The normalized spacial score (nSPS) is 10.3. The fourth-order valence-electron chi connectivity index (χ4n) is 2.01. The van der Waals surface area contributed by atoms with Crippen LogP contribution in [-0.4, -0.2) is 30.9 Å². The van der Waals surface area contributed by atoms with E-state index in [0.717, 1.165) is 0 Å². The number of non-ortho nitro benzene ring substituents is 1. The Morgan fingerprint density at radius 3 is 2.75 bits per heavy atom. The number of amides is 1. The third-order valence-electron chi connectivity index (χ3n) is 3.18. The molecule has 0 saturated heterocycles. The van der Waals surface area contributed by atoms with Crippen LogP contribution < -0.4 is 5.32 Å². The summed E-state index contributed by atoms with van der Waals surface area (Å²) in [6.07, 6.45) is 1.34. The Labute approximate surface area is 135 Å². The minimum absolute atomic E-state index is 0.00441. The van der Waals surface area contributed by atoms with Crippen LogP contribution in [0.4, 0.5) is 11.4 Å². The fraction of sp³-hybridized carbons (Fsp3) is 0. The topological polar surface area (TPSA) is 123 Å². The van der Waals surface area contributed by atoms with Gasteiger partial charge in [0.15, 0.2) is 5.69 Å². The quantitative estimate of drug-likeness (QED) is 0.430. The maximum Gasteiger partial charge on any atom is 0.277 e. The number of hydrogen-bond acceptors (Lipinski definition) is 6. The molecular weight excluding hydrogens is 314 g/mol. The Morgan fingerprint density at radius 1 is 1.21 bits per heavy atom. The number of carbonyl (C=O) groups is 1. The van der Waals surface area contributed by atoms with Crippen LogP contribution in [0.1, 0.15) is 10.5 Å². The lowest BCUT2D eigenvalue weighted by Crippen LogP contribution is -2.12. The van der Waals surface area contributed by atoms with Crippen molar-refractivity contribution in [3.05, 3.63) is 70.5 Å². The molecule has 0 aliphatic carbocycles. The summed E-state index contributed by atoms with van der Waals surface area (Å²) in [4.78, 5) is 22.4. The van der Waals surface area contributed by atoms with Crippen molar-refractivity contribution in [1.82, 2.24) is 15.0 Å². The second-order valence-corrected chi connectivity index (χ2v) is 4.80. The molecule has 0 aliphatic rings.